The van der Waals surface area contributed by atoms with Crippen LogP contribution in [0, 0.1) is 24.1 Å². The average Bonchev–Trinajstić information content (AvgIpc) is 2.33. The Bertz CT molecular complexity index is 503. The van der Waals surface area contributed by atoms with Crippen molar-refractivity contribution in [2.45, 2.75) is 45.3 Å². The van der Waals surface area contributed by atoms with Crippen molar-refractivity contribution in [3.05, 3.63) is 29.1 Å². The summed E-state index contributed by atoms with van der Waals surface area (Å²) < 4.78 is 49.7. The molecule has 0 bridgehead atoms. The van der Waals surface area contributed by atoms with Crippen molar-refractivity contribution in [3.63, 3.8) is 0 Å². The van der Waals surface area contributed by atoms with E-state index in [0.29, 0.717) is 17.7 Å². The fraction of sp³-hybridized carbons (Fsp3) is 0.500. The van der Waals surface area contributed by atoms with Gasteiger partial charge in [-0.25, -0.2) is 4.39 Å². The van der Waals surface area contributed by atoms with Gasteiger partial charge in [0.2, 0.25) is 0 Å². The highest BCUT2D eigenvalue weighted by molar-refractivity contribution is 5.56. The molecular weight excluding hydrogens is 272 g/mol. The highest BCUT2D eigenvalue weighted by atomic mass is 19.4. The number of nitrogens with zero attached hydrogens (tertiary/aromatic N) is 1. The van der Waals surface area contributed by atoms with E-state index in [1.54, 1.807) is 13.8 Å². The van der Waals surface area contributed by atoms with Crippen LogP contribution in [0.15, 0.2) is 12.1 Å². The Morgan fingerprint density at radius 3 is 2.55 bits per heavy atom. The molecule has 1 rings (SSSR count). The van der Waals surface area contributed by atoms with Gasteiger partial charge in [0.25, 0.3) is 0 Å². The van der Waals surface area contributed by atoms with Gasteiger partial charge in [-0.2, -0.15) is 18.4 Å². The molecule has 0 saturated heterocycles. The summed E-state index contributed by atoms with van der Waals surface area (Å²) in [6, 6.07) is 4.24. The molecule has 110 valence electrons. The maximum Gasteiger partial charge on any atom is 0.389 e. The van der Waals surface area contributed by atoms with Gasteiger partial charge < -0.3 is 5.32 Å². The van der Waals surface area contributed by atoms with Gasteiger partial charge in [0, 0.05) is 23.7 Å². The van der Waals surface area contributed by atoms with Crippen molar-refractivity contribution in [1.29, 1.82) is 5.26 Å². The summed E-state index contributed by atoms with van der Waals surface area (Å²) in [7, 11) is 0. The standard InChI is InChI=1S/C14H16F4N2/c1-9(4-3-5-14(16,17)18)20-13-7-11(8-19)6-12(15)10(13)2/h6-7,9,20H,3-5H2,1-2H3. The van der Waals surface area contributed by atoms with Crippen molar-refractivity contribution < 1.29 is 17.6 Å². The molecule has 0 aliphatic heterocycles. The van der Waals surface area contributed by atoms with Gasteiger partial charge >= 0.3 is 6.18 Å². The maximum atomic E-state index is 13.5. The molecule has 0 saturated carbocycles. The molecule has 1 atom stereocenters. The SMILES string of the molecule is Cc1c(F)cc(C#N)cc1NC(C)CCCC(F)(F)F. The third-order valence-corrected chi connectivity index (χ3v) is 2.97. The number of hydrogen-bond donors (Lipinski definition) is 1. The molecule has 0 aliphatic carbocycles. The zero-order valence-corrected chi connectivity index (χ0v) is 11.3. The number of rotatable bonds is 5. The number of halogens is 4. The van der Waals surface area contributed by atoms with E-state index < -0.39 is 18.4 Å². The van der Waals surface area contributed by atoms with E-state index in [9.17, 15) is 17.6 Å². The van der Waals surface area contributed by atoms with Crippen molar-refractivity contribution in [2.75, 3.05) is 5.32 Å². The van der Waals surface area contributed by atoms with Gasteiger partial charge in [-0.05, 0) is 38.8 Å². The monoisotopic (exact) mass is 288 g/mol. The highest BCUT2D eigenvalue weighted by Crippen LogP contribution is 2.25. The Balaban J connectivity index is 2.64. The summed E-state index contributed by atoms with van der Waals surface area (Å²) in [4.78, 5) is 0. The Labute approximate surface area is 115 Å². The van der Waals surface area contributed by atoms with Crippen LogP contribution in [0.5, 0.6) is 0 Å². The zero-order valence-electron chi connectivity index (χ0n) is 11.3. The van der Waals surface area contributed by atoms with E-state index >= 15 is 0 Å². The van der Waals surface area contributed by atoms with Crippen molar-refractivity contribution in [3.8, 4) is 6.07 Å². The summed E-state index contributed by atoms with van der Waals surface area (Å²) in [5.41, 5.74) is 0.978. The topological polar surface area (TPSA) is 35.8 Å². The fourth-order valence-corrected chi connectivity index (χ4v) is 1.84. The molecule has 6 heteroatoms. The fourth-order valence-electron chi connectivity index (χ4n) is 1.84. The lowest BCUT2D eigenvalue weighted by Crippen LogP contribution is -2.17. The molecule has 0 radical (unpaired) electrons. The molecule has 0 fully saturated rings. The zero-order chi connectivity index (χ0) is 15.3. The van der Waals surface area contributed by atoms with Crippen molar-refractivity contribution >= 4 is 5.69 Å². The first kappa shape index (κ1) is 16.3. The number of nitriles is 1. The predicted molar refractivity (Wildman–Crippen MR) is 68.8 cm³/mol. The van der Waals surface area contributed by atoms with Crippen LogP contribution in [0.1, 0.15) is 37.3 Å². The minimum Gasteiger partial charge on any atom is -0.382 e. The van der Waals surface area contributed by atoms with Gasteiger partial charge in [0.1, 0.15) is 5.82 Å². The number of anilines is 1. The van der Waals surface area contributed by atoms with E-state index in [-0.39, 0.29) is 18.0 Å². The highest BCUT2D eigenvalue weighted by Gasteiger charge is 2.26. The lowest BCUT2D eigenvalue weighted by atomic mass is 10.1. The second kappa shape index (κ2) is 6.60. The van der Waals surface area contributed by atoms with E-state index in [2.05, 4.69) is 5.32 Å². The van der Waals surface area contributed by atoms with Crippen LogP contribution in [-0.2, 0) is 0 Å². The Morgan fingerprint density at radius 1 is 1.35 bits per heavy atom. The van der Waals surface area contributed by atoms with Crippen LogP contribution in [0.4, 0.5) is 23.2 Å². The molecule has 1 N–H and O–H groups in total. The van der Waals surface area contributed by atoms with Gasteiger partial charge in [0.15, 0.2) is 0 Å². The third-order valence-electron chi connectivity index (χ3n) is 2.97. The van der Waals surface area contributed by atoms with E-state index in [1.807, 2.05) is 6.07 Å². The average molecular weight is 288 g/mol. The Morgan fingerprint density at radius 2 is 2.00 bits per heavy atom. The minimum absolute atomic E-state index is 0.0110. The van der Waals surface area contributed by atoms with Gasteiger partial charge in [0.05, 0.1) is 11.6 Å². The van der Waals surface area contributed by atoms with Crippen molar-refractivity contribution in [1.82, 2.24) is 0 Å². The lowest BCUT2D eigenvalue weighted by molar-refractivity contribution is -0.135. The normalized spacial score (nSPS) is 12.8. The van der Waals surface area contributed by atoms with Crippen LogP contribution in [-0.4, -0.2) is 12.2 Å². The number of hydrogen-bond acceptors (Lipinski definition) is 2. The van der Waals surface area contributed by atoms with Crippen LogP contribution in [0.3, 0.4) is 0 Å². The second-order valence-electron chi connectivity index (χ2n) is 4.80. The Kier molecular flexibility index (Phi) is 5.37. The van der Waals surface area contributed by atoms with E-state index in [1.165, 1.54) is 6.07 Å². The first-order chi connectivity index (χ1) is 9.23. The summed E-state index contributed by atoms with van der Waals surface area (Å²) in [6.07, 6.45) is -4.65. The van der Waals surface area contributed by atoms with Gasteiger partial charge in [-0.15, -0.1) is 0 Å². The lowest BCUT2D eigenvalue weighted by Gasteiger charge is -2.18. The van der Waals surface area contributed by atoms with Crippen LogP contribution >= 0.6 is 0 Å². The smallest absolute Gasteiger partial charge is 0.382 e. The predicted octanol–water partition coefficient (Wildman–Crippen LogP) is 4.54. The molecule has 20 heavy (non-hydrogen) atoms. The molecule has 0 amide bonds. The van der Waals surface area contributed by atoms with Crippen molar-refractivity contribution in [2.24, 2.45) is 0 Å². The minimum atomic E-state index is -4.15. The second-order valence-corrected chi connectivity index (χ2v) is 4.80. The molecule has 1 aromatic carbocycles. The molecule has 1 aromatic rings. The Hall–Kier alpha value is -1.77. The molecule has 0 heterocycles. The molecule has 0 spiro atoms. The molecule has 0 aliphatic rings. The summed E-state index contributed by atoms with van der Waals surface area (Å²) >= 11 is 0. The van der Waals surface area contributed by atoms with Crippen LogP contribution in [0.25, 0.3) is 0 Å². The van der Waals surface area contributed by atoms with Gasteiger partial charge in [-0.1, -0.05) is 0 Å². The first-order valence-corrected chi connectivity index (χ1v) is 6.26. The first-order valence-electron chi connectivity index (χ1n) is 6.26. The molecule has 0 aromatic heterocycles. The molecule has 2 nitrogen and oxygen atoms in total. The summed E-state index contributed by atoms with van der Waals surface area (Å²) in [5, 5.41) is 11.7. The van der Waals surface area contributed by atoms with Crippen LogP contribution in [0.2, 0.25) is 0 Å². The molecular formula is C14H16F4N2. The number of nitrogens with one attached hydrogen (secondary N) is 1. The molecule has 1 unspecified atom stereocenters. The summed E-state index contributed by atoms with van der Waals surface area (Å²) in [6.45, 7) is 3.29. The van der Waals surface area contributed by atoms with E-state index in [0.717, 1.165) is 6.07 Å². The number of alkyl halides is 3. The van der Waals surface area contributed by atoms with Crippen LogP contribution < -0.4 is 5.32 Å². The maximum absolute atomic E-state index is 13.5. The summed E-state index contributed by atoms with van der Waals surface area (Å²) in [5.74, 6) is -0.506. The third kappa shape index (κ3) is 5.08. The largest absolute Gasteiger partial charge is 0.389 e. The quantitative estimate of drug-likeness (QED) is 0.807. The van der Waals surface area contributed by atoms with E-state index in [4.69, 9.17) is 5.26 Å². The van der Waals surface area contributed by atoms with Gasteiger partial charge in [-0.3, -0.25) is 0 Å². The number of benzene rings is 1.